The number of hydrogen-bond acceptors (Lipinski definition) is 4. The molecule has 1 aliphatic rings. The van der Waals surface area contributed by atoms with E-state index in [0.717, 1.165) is 30.9 Å². The first-order valence-corrected chi connectivity index (χ1v) is 8.81. The smallest absolute Gasteiger partial charge is 0.279 e. The lowest BCUT2D eigenvalue weighted by Crippen LogP contribution is -2.13. The van der Waals surface area contributed by atoms with Gasteiger partial charge in [0.2, 0.25) is 0 Å². The molecule has 0 fully saturated rings. The number of nitrogens with zero attached hydrogens (tertiary/aromatic N) is 1. The van der Waals surface area contributed by atoms with E-state index in [4.69, 9.17) is 11.6 Å². The van der Waals surface area contributed by atoms with Crippen molar-refractivity contribution in [2.24, 2.45) is 0 Å². The minimum atomic E-state index is -3.81. The summed E-state index contributed by atoms with van der Waals surface area (Å²) in [6.45, 7) is 0. The topological polar surface area (TPSA) is 89.3 Å². The molecule has 6 nitrogen and oxygen atoms in total. The summed E-state index contributed by atoms with van der Waals surface area (Å²) in [7, 11) is -3.81. The zero-order valence-electron chi connectivity index (χ0n) is 12.0. The molecular formula is C15H13ClN2O4S. The van der Waals surface area contributed by atoms with Gasteiger partial charge in [0.15, 0.2) is 0 Å². The molecule has 0 spiro atoms. The molecule has 1 N–H and O–H groups in total. The molecule has 120 valence electrons. The van der Waals surface area contributed by atoms with Crippen LogP contribution in [-0.4, -0.2) is 13.3 Å². The molecule has 3 rings (SSSR count). The second kappa shape index (κ2) is 5.82. The highest BCUT2D eigenvalue weighted by Crippen LogP contribution is 2.29. The Morgan fingerprint density at radius 1 is 1.09 bits per heavy atom. The number of fused-ring (bicyclic) bond motifs is 1. The van der Waals surface area contributed by atoms with E-state index in [2.05, 4.69) is 4.72 Å². The fraction of sp³-hybridized carbons (Fsp3) is 0.200. The van der Waals surface area contributed by atoms with Crippen LogP contribution in [0.3, 0.4) is 0 Å². The van der Waals surface area contributed by atoms with Crippen LogP contribution in [0.5, 0.6) is 0 Å². The van der Waals surface area contributed by atoms with Crippen LogP contribution in [0.15, 0.2) is 41.3 Å². The van der Waals surface area contributed by atoms with Crippen molar-refractivity contribution in [3.05, 3.63) is 62.7 Å². The number of benzene rings is 2. The van der Waals surface area contributed by atoms with Gasteiger partial charge in [-0.2, -0.15) is 0 Å². The molecule has 0 bridgehead atoms. The zero-order chi connectivity index (χ0) is 16.6. The lowest BCUT2D eigenvalue weighted by Gasteiger charge is -2.10. The standard InChI is InChI=1S/C15H13ClN2O4S/c16-14-7-5-12(9-15(14)18(19)20)17-23(21,22)13-6-4-10-2-1-3-11(10)8-13/h4-9,17H,1-3H2. The van der Waals surface area contributed by atoms with Gasteiger partial charge in [-0.1, -0.05) is 17.7 Å². The molecule has 1 aliphatic carbocycles. The van der Waals surface area contributed by atoms with Gasteiger partial charge < -0.3 is 0 Å². The summed E-state index contributed by atoms with van der Waals surface area (Å²) in [6, 6.07) is 8.82. The summed E-state index contributed by atoms with van der Waals surface area (Å²) >= 11 is 5.72. The summed E-state index contributed by atoms with van der Waals surface area (Å²) in [6.07, 6.45) is 2.85. The fourth-order valence-electron chi connectivity index (χ4n) is 2.65. The Kier molecular flexibility index (Phi) is 3.99. The number of rotatable bonds is 4. The van der Waals surface area contributed by atoms with Gasteiger partial charge in [-0.3, -0.25) is 14.8 Å². The Morgan fingerprint density at radius 2 is 1.83 bits per heavy atom. The van der Waals surface area contributed by atoms with Crippen LogP contribution in [0.4, 0.5) is 11.4 Å². The molecular weight excluding hydrogens is 340 g/mol. The molecule has 0 aliphatic heterocycles. The van der Waals surface area contributed by atoms with Crippen LogP contribution in [0.2, 0.25) is 5.02 Å². The summed E-state index contributed by atoms with van der Waals surface area (Å²) < 4.78 is 27.3. The van der Waals surface area contributed by atoms with Gasteiger partial charge in [0.1, 0.15) is 5.02 Å². The first kappa shape index (κ1) is 15.8. The highest BCUT2D eigenvalue weighted by atomic mass is 35.5. The average Bonchev–Trinajstić information content (AvgIpc) is 2.96. The van der Waals surface area contributed by atoms with Crippen molar-refractivity contribution in [1.29, 1.82) is 0 Å². The molecule has 0 atom stereocenters. The van der Waals surface area contributed by atoms with E-state index in [0.29, 0.717) is 0 Å². The SMILES string of the molecule is O=[N+]([O-])c1cc(NS(=O)(=O)c2ccc3c(c2)CCC3)ccc1Cl. The Bertz CT molecular complexity index is 896. The number of nitro groups is 1. The normalized spacial score (nSPS) is 13.6. The summed E-state index contributed by atoms with van der Waals surface area (Å²) in [5.74, 6) is 0. The molecule has 0 radical (unpaired) electrons. The number of aryl methyl sites for hydroxylation is 2. The van der Waals surface area contributed by atoms with Crippen molar-refractivity contribution in [2.45, 2.75) is 24.2 Å². The van der Waals surface area contributed by atoms with Crippen molar-refractivity contribution >= 4 is 33.0 Å². The van der Waals surface area contributed by atoms with Crippen LogP contribution < -0.4 is 4.72 Å². The summed E-state index contributed by atoms with van der Waals surface area (Å²) in [4.78, 5) is 10.4. The Balaban J connectivity index is 1.92. The van der Waals surface area contributed by atoms with Gasteiger partial charge in [0.05, 0.1) is 15.5 Å². The van der Waals surface area contributed by atoms with Crippen molar-refractivity contribution in [2.75, 3.05) is 4.72 Å². The Labute approximate surface area is 138 Å². The lowest BCUT2D eigenvalue weighted by molar-refractivity contribution is -0.384. The molecule has 0 heterocycles. The zero-order valence-corrected chi connectivity index (χ0v) is 13.5. The largest absolute Gasteiger partial charge is 0.289 e. The van der Waals surface area contributed by atoms with E-state index in [9.17, 15) is 18.5 Å². The molecule has 2 aromatic carbocycles. The second-order valence-corrected chi connectivity index (χ2v) is 7.40. The van der Waals surface area contributed by atoms with Crippen LogP contribution in [0.1, 0.15) is 17.5 Å². The van der Waals surface area contributed by atoms with E-state index in [1.807, 2.05) is 6.07 Å². The minimum absolute atomic E-state index is 0.0459. The van der Waals surface area contributed by atoms with Gasteiger partial charge in [-0.05, 0) is 54.7 Å². The number of nitrogens with one attached hydrogen (secondary N) is 1. The maximum Gasteiger partial charge on any atom is 0.289 e. The van der Waals surface area contributed by atoms with Crippen LogP contribution in [0.25, 0.3) is 0 Å². The molecule has 8 heteroatoms. The molecule has 0 saturated heterocycles. The summed E-state index contributed by atoms with van der Waals surface area (Å²) in [5.41, 5.74) is 1.96. The third-order valence-corrected chi connectivity index (χ3v) is 5.47. The highest BCUT2D eigenvalue weighted by molar-refractivity contribution is 7.92. The van der Waals surface area contributed by atoms with Gasteiger partial charge in [-0.15, -0.1) is 0 Å². The van der Waals surface area contributed by atoms with Crippen molar-refractivity contribution in [3.8, 4) is 0 Å². The predicted molar refractivity (Wildman–Crippen MR) is 87.4 cm³/mol. The monoisotopic (exact) mass is 352 g/mol. The van der Waals surface area contributed by atoms with Crippen molar-refractivity contribution in [3.63, 3.8) is 0 Å². The lowest BCUT2D eigenvalue weighted by atomic mass is 10.1. The Hall–Kier alpha value is -2.12. The summed E-state index contributed by atoms with van der Waals surface area (Å²) in [5, 5.41) is 10.8. The number of anilines is 1. The van der Waals surface area contributed by atoms with E-state index < -0.39 is 14.9 Å². The molecule has 2 aromatic rings. The van der Waals surface area contributed by atoms with Crippen molar-refractivity contribution < 1.29 is 13.3 Å². The van der Waals surface area contributed by atoms with E-state index in [-0.39, 0.29) is 21.3 Å². The quantitative estimate of drug-likeness (QED) is 0.673. The van der Waals surface area contributed by atoms with Crippen LogP contribution in [-0.2, 0) is 22.9 Å². The fourth-order valence-corrected chi connectivity index (χ4v) is 3.93. The van der Waals surface area contributed by atoms with Crippen LogP contribution >= 0.6 is 11.6 Å². The molecule has 0 unspecified atom stereocenters. The average molecular weight is 353 g/mol. The maximum absolute atomic E-state index is 12.5. The van der Waals surface area contributed by atoms with E-state index >= 15 is 0 Å². The number of sulfonamides is 1. The molecule has 0 saturated carbocycles. The first-order valence-electron chi connectivity index (χ1n) is 6.95. The number of halogens is 1. The number of nitro benzene ring substituents is 1. The van der Waals surface area contributed by atoms with E-state index in [1.165, 1.54) is 17.7 Å². The molecule has 23 heavy (non-hydrogen) atoms. The highest BCUT2D eigenvalue weighted by Gasteiger charge is 2.20. The first-order chi connectivity index (χ1) is 10.9. The van der Waals surface area contributed by atoms with Gasteiger partial charge in [-0.25, -0.2) is 8.42 Å². The van der Waals surface area contributed by atoms with Gasteiger partial charge >= 0.3 is 0 Å². The maximum atomic E-state index is 12.5. The minimum Gasteiger partial charge on any atom is -0.279 e. The molecule has 0 amide bonds. The number of hydrogen-bond donors (Lipinski definition) is 1. The second-order valence-electron chi connectivity index (χ2n) is 5.31. The predicted octanol–water partition coefficient (Wildman–Crippen LogP) is 3.54. The molecule has 0 aromatic heterocycles. The van der Waals surface area contributed by atoms with Gasteiger partial charge in [0.25, 0.3) is 15.7 Å². The van der Waals surface area contributed by atoms with Crippen LogP contribution in [0, 0.1) is 10.1 Å². The third kappa shape index (κ3) is 3.16. The van der Waals surface area contributed by atoms with E-state index in [1.54, 1.807) is 12.1 Å². The Morgan fingerprint density at radius 3 is 2.57 bits per heavy atom. The third-order valence-electron chi connectivity index (χ3n) is 3.78. The van der Waals surface area contributed by atoms with Crippen molar-refractivity contribution in [1.82, 2.24) is 0 Å². The van der Waals surface area contributed by atoms with Gasteiger partial charge in [0, 0.05) is 6.07 Å².